The van der Waals surface area contributed by atoms with Crippen LogP contribution in [0.3, 0.4) is 0 Å². The molecule has 0 fully saturated rings. The van der Waals surface area contributed by atoms with Gasteiger partial charge in [0.25, 0.3) is 5.56 Å². The first kappa shape index (κ1) is 17.6. The molecular formula is C20H13BrN2O3S. The van der Waals surface area contributed by atoms with E-state index >= 15 is 0 Å². The van der Waals surface area contributed by atoms with Crippen LogP contribution in [0.4, 0.5) is 0 Å². The molecule has 0 amide bonds. The fraction of sp³-hybridized carbons (Fsp3) is 0.0500. The highest BCUT2D eigenvalue weighted by atomic mass is 79.9. The van der Waals surface area contributed by atoms with Gasteiger partial charge < -0.3 is 4.74 Å². The second-order valence-corrected chi connectivity index (χ2v) is 7.69. The van der Waals surface area contributed by atoms with Gasteiger partial charge in [-0.25, -0.2) is 9.78 Å². The van der Waals surface area contributed by atoms with Crippen molar-refractivity contribution in [3.63, 3.8) is 0 Å². The van der Waals surface area contributed by atoms with Crippen molar-refractivity contribution in [2.75, 3.05) is 0 Å². The van der Waals surface area contributed by atoms with E-state index in [4.69, 9.17) is 4.74 Å². The van der Waals surface area contributed by atoms with Crippen LogP contribution in [0.5, 0.6) is 0 Å². The van der Waals surface area contributed by atoms with Crippen LogP contribution in [-0.2, 0) is 16.1 Å². The first-order valence-electron chi connectivity index (χ1n) is 8.11. The minimum absolute atomic E-state index is 0.0539. The number of carbonyl (C=O) groups is 1. The van der Waals surface area contributed by atoms with Gasteiger partial charge in [-0.2, -0.15) is 0 Å². The van der Waals surface area contributed by atoms with Gasteiger partial charge in [0.05, 0.1) is 15.9 Å². The van der Waals surface area contributed by atoms with Crippen molar-refractivity contribution in [1.29, 1.82) is 0 Å². The van der Waals surface area contributed by atoms with Gasteiger partial charge in [0.1, 0.15) is 6.61 Å². The van der Waals surface area contributed by atoms with Gasteiger partial charge >= 0.3 is 5.97 Å². The second kappa shape index (κ2) is 7.46. The molecule has 0 unspecified atom stereocenters. The van der Waals surface area contributed by atoms with E-state index in [1.165, 1.54) is 23.5 Å². The monoisotopic (exact) mass is 440 g/mol. The average Bonchev–Trinajstić information content (AvgIpc) is 3.03. The summed E-state index contributed by atoms with van der Waals surface area (Å²) in [6.07, 6.45) is 3.02. The minimum Gasteiger partial charge on any atom is -0.456 e. The SMILES string of the molecule is O=C(/C=C/c1cccc(Br)c1)OCc1cc(=O)n2c(n1)sc1ccccc12. The molecule has 0 aliphatic carbocycles. The van der Waals surface area contributed by atoms with Crippen molar-refractivity contribution in [2.24, 2.45) is 0 Å². The Hall–Kier alpha value is -2.77. The zero-order chi connectivity index (χ0) is 18.8. The Bertz CT molecular complexity index is 1240. The number of rotatable bonds is 4. The van der Waals surface area contributed by atoms with Gasteiger partial charge in [0.15, 0.2) is 4.96 Å². The molecule has 0 aliphatic rings. The molecule has 134 valence electrons. The van der Waals surface area contributed by atoms with E-state index in [0.29, 0.717) is 10.7 Å². The minimum atomic E-state index is -0.492. The van der Waals surface area contributed by atoms with E-state index < -0.39 is 5.97 Å². The lowest BCUT2D eigenvalue weighted by Gasteiger charge is -2.02. The van der Waals surface area contributed by atoms with Gasteiger partial charge in [0, 0.05) is 16.6 Å². The van der Waals surface area contributed by atoms with E-state index in [2.05, 4.69) is 20.9 Å². The molecule has 0 radical (unpaired) electrons. The summed E-state index contributed by atoms with van der Waals surface area (Å²) in [7, 11) is 0. The van der Waals surface area contributed by atoms with Gasteiger partial charge in [-0.1, -0.05) is 51.5 Å². The molecule has 0 N–H and O–H groups in total. The fourth-order valence-electron chi connectivity index (χ4n) is 2.66. The summed E-state index contributed by atoms with van der Waals surface area (Å²) >= 11 is 4.81. The van der Waals surface area contributed by atoms with Crippen LogP contribution in [0.2, 0.25) is 0 Å². The number of benzene rings is 2. The number of hydrogen-bond acceptors (Lipinski definition) is 5. The number of fused-ring (bicyclic) bond motifs is 3. The van der Waals surface area contributed by atoms with E-state index in [-0.39, 0.29) is 12.2 Å². The zero-order valence-electron chi connectivity index (χ0n) is 14.0. The van der Waals surface area contributed by atoms with Crippen LogP contribution in [0.1, 0.15) is 11.3 Å². The number of carbonyl (C=O) groups excluding carboxylic acids is 1. The van der Waals surface area contributed by atoms with E-state index in [9.17, 15) is 9.59 Å². The molecule has 4 rings (SSSR count). The molecule has 0 bridgehead atoms. The molecule has 2 heterocycles. The van der Waals surface area contributed by atoms with E-state index in [0.717, 1.165) is 20.3 Å². The smallest absolute Gasteiger partial charge is 0.331 e. The molecular weight excluding hydrogens is 428 g/mol. The molecule has 0 aliphatic heterocycles. The Balaban J connectivity index is 1.51. The Morgan fingerprint density at radius 3 is 2.89 bits per heavy atom. The maximum Gasteiger partial charge on any atom is 0.331 e. The molecule has 0 spiro atoms. The lowest BCUT2D eigenvalue weighted by Crippen LogP contribution is -2.14. The fourth-order valence-corrected chi connectivity index (χ4v) is 4.13. The lowest BCUT2D eigenvalue weighted by atomic mass is 10.2. The largest absolute Gasteiger partial charge is 0.456 e. The normalized spacial score (nSPS) is 11.4. The highest BCUT2D eigenvalue weighted by Crippen LogP contribution is 2.23. The van der Waals surface area contributed by atoms with Crippen molar-refractivity contribution in [3.05, 3.63) is 86.8 Å². The standard InChI is InChI=1S/C20H13BrN2O3S/c21-14-5-3-4-13(10-14)8-9-19(25)26-12-15-11-18(24)23-16-6-1-2-7-17(16)27-20(23)22-15/h1-11H,12H2/b9-8+. The summed E-state index contributed by atoms with van der Waals surface area (Å²) in [5.41, 5.74) is 1.95. The van der Waals surface area contributed by atoms with Crippen LogP contribution >= 0.6 is 27.3 Å². The topological polar surface area (TPSA) is 60.7 Å². The summed E-state index contributed by atoms with van der Waals surface area (Å²) in [6.45, 7) is -0.0539. The van der Waals surface area contributed by atoms with Crippen LogP contribution < -0.4 is 5.56 Å². The molecule has 0 saturated heterocycles. The van der Waals surface area contributed by atoms with Crippen LogP contribution in [-0.4, -0.2) is 15.4 Å². The number of ether oxygens (including phenoxy) is 1. The summed E-state index contributed by atoms with van der Waals surface area (Å²) in [6, 6.07) is 16.6. The van der Waals surface area contributed by atoms with Gasteiger partial charge in [-0.3, -0.25) is 9.20 Å². The average molecular weight is 441 g/mol. The van der Waals surface area contributed by atoms with Crippen molar-refractivity contribution >= 4 is 54.5 Å². The predicted molar refractivity (Wildman–Crippen MR) is 110 cm³/mol. The molecule has 5 nitrogen and oxygen atoms in total. The van der Waals surface area contributed by atoms with Crippen molar-refractivity contribution in [1.82, 2.24) is 9.38 Å². The predicted octanol–water partition coefficient (Wildman–Crippen LogP) is 4.43. The summed E-state index contributed by atoms with van der Waals surface area (Å²) in [4.78, 5) is 29.4. The van der Waals surface area contributed by atoms with Crippen molar-refractivity contribution in [3.8, 4) is 0 Å². The Morgan fingerprint density at radius 1 is 1.19 bits per heavy atom. The number of nitrogens with zero attached hydrogens (tertiary/aromatic N) is 2. The van der Waals surface area contributed by atoms with Crippen LogP contribution in [0, 0.1) is 0 Å². The first-order chi connectivity index (χ1) is 13.1. The first-order valence-corrected chi connectivity index (χ1v) is 9.72. The van der Waals surface area contributed by atoms with E-state index in [1.54, 1.807) is 10.5 Å². The number of esters is 1. The number of halogens is 1. The number of para-hydroxylation sites is 1. The molecule has 7 heteroatoms. The summed E-state index contributed by atoms with van der Waals surface area (Å²) in [5, 5.41) is 0. The highest BCUT2D eigenvalue weighted by Gasteiger charge is 2.10. The second-order valence-electron chi connectivity index (χ2n) is 5.77. The number of hydrogen-bond donors (Lipinski definition) is 0. The number of aromatic nitrogens is 2. The lowest BCUT2D eigenvalue weighted by molar-refractivity contribution is -0.139. The molecule has 2 aromatic carbocycles. The quantitative estimate of drug-likeness (QED) is 0.347. The maximum atomic E-state index is 12.4. The summed E-state index contributed by atoms with van der Waals surface area (Å²) < 4.78 is 8.69. The molecule has 2 aromatic heterocycles. The molecule has 27 heavy (non-hydrogen) atoms. The Labute approximate surface area is 166 Å². The third-order valence-electron chi connectivity index (χ3n) is 3.87. The summed E-state index contributed by atoms with van der Waals surface area (Å²) in [5.74, 6) is -0.492. The Kier molecular flexibility index (Phi) is 4.87. The van der Waals surface area contributed by atoms with Crippen LogP contribution in [0.15, 0.2) is 69.9 Å². The Morgan fingerprint density at radius 2 is 2.04 bits per heavy atom. The maximum absolute atomic E-state index is 12.4. The third kappa shape index (κ3) is 3.84. The van der Waals surface area contributed by atoms with Gasteiger partial charge in [0.2, 0.25) is 0 Å². The zero-order valence-corrected chi connectivity index (χ0v) is 16.4. The third-order valence-corrected chi connectivity index (χ3v) is 5.39. The molecule has 0 saturated carbocycles. The van der Waals surface area contributed by atoms with Gasteiger partial charge in [-0.15, -0.1) is 0 Å². The van der Waals surface area contributed by atoms with Gasteiger partial charge in [-0.05, 0) is 35.9 Å². The van der Waals surface area contributed by atoms with E-state index in [1.807, 2.05) is 48.5 Å². The molecule has 0 atom stereocenters. The number of thiazole rings is 1. The van der Waals surface area contributed by atoms with Crippen molar-refractivity contribution < 1.29 is 9.53 Å². The van der Waals surface area contributed by atoms with Crippen molar-refractivity contribution in [2.45, 2.75) is 6.61 Å². The highest BCUT2D eigenvalue weighted by molar-refractivity contribution is 9.10. The molecule has 4 aromatic rings. The van der Waals surface area contributed by atoms with Crippen LogP contribution in [0.25, 0.3) is 21.3 Å².